The van der Waals surface area contributed by atoms with Crippen LogP contribution in [-0.4, -0.2) is 41.9 Å². The summed E-state index contributed by atoms with van der Waals surface area (Å²) in [6, 6.07) is 7.22. The molecule has 1 amide bonds. The van der Waals surface area contributed by atoms with Gasteiger partial charge in [-0.1, -0.05) is 12.1 Å². The average molecular weight is 342 g/mol. The van der Waals surface area contributed by atoms with Crippen LogP contribution in [-0.2, 0) is 20.9 Å². The maximum absolute atomic E-state index is 12.3. The first-order valence-electron chi connectivity index (χ1n) is 6.57. The van der Waals surface area contributed by atoms with Gasteiger partial charge in [-0.3, -0.25) is 9.69 Å². The van der Waals surface area contributed by atoms with Crippen LogP contribution in [0.3, 0.4) is 0 Å². The van der Waals surface area contributed by atoms with Gasteiger partial charge in [-0.15, -0.1) is 23.4 Å². The molecule has 1 heterocycles. The van der Waals surface area contributed by atoms with Gasteiger partial charge in [0.2, 0.25) is 6.41 Å². The number of alkyl halides is 1. The van der Waals surface area contributed by atoms with Crippen molar-refractivity contribution in [2.24, 2.45) is 0 Å². The molecule has 0 atom stereocenters. The lowest BCUT2D eigenvalue weighted by Gasteiger charge is -2.26. The summed E-state index contributed by atoms with van der Waals surface area (Å²) in [5, 5.41) is 0. The van der Waals surface area contributed by atoms with Crippen molar-refractivity contribution in [1.82, 2.24) is 4.90 Å². The van der Waals surface area contributed by atoms with Gasteiger partial charge in [0.15, 0.2) is 0 Å². The summed E-state index contributed by atoms with van der Waals surface area (Å²) >= 11 is 7.39. The molecule has 2 rings (SSSR count). The predicted octanol–water partition coefficient (Wildman–Crippen LogP) is 2.39. The van der Waals surface area contributed by atoms with Gasteiger partial charge in [-0.2, -0.15) is 0 Å². The number of thioether (sulfide) groups is 1. The van der Waals surface area contributed by atoms with Crippen LogP contribution in [0.2, 0.25) is 0 Å². The molecule has 1 aromatic carbocycles. The molecule has 1 aliphatic rings. The number of carbonyl (C=O) groups is 2. The number of benzene rings is 1. The van der Waals surface area contributed by atoms with Gasteiger partial charge >= 0.3 is 5.97 Å². The number of ether oxygens (including phenoxy) is 2. The van der Waals surface area contributed by atoms with Crippen molar-refractivity contribution >= 4 is 35.7 Å². The molecule has 1 aliphatic heterocycles. The predicted molar refractivity (Wildman–Crippen MR) is 85.8 cm³/mol. The summed E-state index contributed by atoms with van der Waals surface area (Å²) in [5.41, 5.74) is 1.81. The van der Waals surface area contributed by atoms with Crippen LogP contribution < -0.4 is 4.74 Å². The highest BCUT2D eigenvalue weighted by atomic mass is 35.5. The highest BCUT2D eigenvalue weighted by Gasteiger charge is 2.26. The Bertz CT molecular complexity index is 573. The van der Waals surface area contributed by atoms with E-state index in [1.54, 1.807) is 19.2 Å². The van der Waals surface area contributed by atoms with E-state index < -0.39 is 5.97 Å². The standard InChI is InChI=1S/C15H16ClNO4S/c1-20-13-4-2-11(3-5-13)7-21-15(19)14-12(6-16)8-22-10-17(14)9-18/h2-5,9H,6-8,10H2,1H3. The van der Waals surface area contributed by atoms with E-state index in [4.69, 9.17) is 21.1 Å². The second-order valence-corrected chi connectivity index (χ2v) is 5.79. The van der Waals surface area contributed by atoms with Crippen LogP contribution in [0.1, 0.15) is 5.56 Å². The minimum atomic E-state index is -0.529. The Balaban J connectivity index is 2.06. The van der Waals surface area contributed by atoms with Gasteiger partial charge < -0.3 is 9.47 Å². The number of hydrogen-bond donors (Lipinski definition) is 0. The summed E-state index contributed by atoms with van der Waals surface area (Å²) in [7, 11) is 1.59. The Labute approximate surface area is 138 Å². The average Bonchev–Trinajstić information content (AvgIpc) is 2.59. The van der Waals surface area contributed by atoms with E-state index in [0.717, 1.165) is 11.3 Å². The van der Waals surface area contributed by atoms with Gasteiger partial charge in [-0.25, -0.2) is 4.79 Å². The first-order chi connectivity index (χ1) is 10.7. The molecule has 5 nitrogen and oxygen atoms in total. The van der Waals surface area contributed by atoms with E-state index in [0.29, 0.717) is 23.6 Å². The molecule has 0 aliphatic carbocycles. The number of nitrogens with zero attached hydrogens (tertiary/aromatic N) is 1. The molecule has 118 valence electrons. The van der Waals surface area contributed by atoms with Crippen molar-refractivity contribution in [3.63, 3.8) is 0 Å². The summed E-state index contributed by atoms with van der Waals surface area (Å²) in [4.78, 5) is 24.7. The highest BCUT2D eigenvalue weighted by molar-refractivity contribution is 7.99. The number of hydrogen-bond acceptors (Lipinski definition) is 5. The molecule has 0 fully saturated rings. The number of esters is 1. The maximum Gasteiger partial charge on any atom is 0.355 e. The zero-order valence-electron chi connectivity index (χ0n) is 12.1. The van der Waals surface area contributed by atoms with Crippen molar-refractivity contribution < 1.29 is 19.1 Å². The van der Waals surface area contributed by atoms with Crippen LogP contribution in [0.15, 0.2) is 35.5 Å². The zero-order valence-corrected chi connectivity index (χ0v) is 13.7. The second kappa shape index (κ2) is 8.10. The molecule has 0 radical (unpaired) electrons. The highest BCUT2D eigenvalue weighted by Crippen LogP contribution is 2.25. The number of halogens is 1. The van der Waals surface area contributed by atoms with Gasteiger partial charge in [0.25, 0.3) is 0 Å². The maximum atomic E-state index is 12.3. The first kappa shape index (κ1) is 16.7. The molecule has 7 heteroatoms. The van der Waals surface area contributed by atoms with Gasteiger partial charge in [0.1, 0.15) is 18.1 Å². The van der Waals surface area contributed by atoms with Gasteiger partial charge in [0.05, 0.1) is 13.0 Å². The van der Waals surface area contributed by atoms with Crippen molar-refractivity contribution in [1.29, 1.82) is 0 Å². The Kier molecular flexibility index (Phi) is 6.15. The molecule has 0 saturated carbocycles. The molecule has 0 N–H and O–H groups in total. The Morgan fingerprint density at radius 1 is 1.41 bits per heavy atom. The lowest BCUT2D eigenvalue weighted by molar-refractivity contribution is -0.143. The molecular formula is C15H16ClNO4S. The van der Waals surface area contributed by atoms with Crippen molar-refractivity contribution in [2.45, 2.75) is 6.61 Å². The van der Waals surface area contributed by atoms with E-state index in [-0.39, 0.29) is 18.2 Å². The minimum Gasteiger partial charge on any atom is -0.497 e. The monoisotopic (exact) mass is 341 g/mol. The Hall–Kier alpha value is -1.66. The van der Waals surface area contributed by atoms with Crippen LogP contribution in [0, 0.1) is 0 Å². The molecule has 0 unspecified atom stereocenters. The van der Waals surface area contributed by atoms with Crippen LogP contribution in [0.5, 0.6) is 5.75 Å². The number of carbonyl (C=O) groups excluding carboxylic acids is 2. The SMILES string of the molecule is COc1ccc(COC(=O)C2=C(CCl)CSCN2C=O)cc1. The molecule has 0 aromatic heterocycles. The molecule has 0 saturated heterocycles. The van der Waals surface area contributed by atoms with E-state index in [1.807, 2.05) is 12.1 Å². The zero-order chi connectivity index (χ0) is 15.9. The first-order valence-corrected chi connectivity index (χ1v) is 8.26. The summed E-state index contributed by atoms with van der Waals surface area (Å²) in [6.07, 6.45) is 0.628. The summed E-state index contributed by atoms with van der Waals surface area (Å²) in [6.45, 7) is 0.127. The second-order valence-electron chi connectivity index (χ2n) is 4.56. The van der Waals surface area contributed by atoms with E-state index in [9.17, 15) is 9.59 Å². The van der Waals surface area contributed by atoms with Crippen molar-refractivity contribution in [3.8, 4) is 5.75 Å². The van der Waals surface area contributed by atoms with E-state index >= 15 is 0 Å². The van der Waals surface area contributed by atoms with E-state index in [2.05, 4.69) is 0 Å². The normalized spacial score (nSPS) is 14.7. The Morgan fingerprint density at radius 2 is 2.14 bits per heavy atom. The van der Waals surface area contributed by atoms with Crippen LogP contribution in [0.4, 0.5) is 0 Å². The fraction of sp³-hybridized carbons (Fsp3) is 0.333. The summed E-state index contributed by atoms with van der Waals surface area (Å²) in [5.74, 6) is 1.46. The fourth-order valence-electron chi connectivity index (χ4n) is 1.99. The third-order valence-corrected chi connectivity index (χ3v) is 4.48. The molecule has 0 bridgehead atoms. The topological polar surface area (TPSA) is 55.8 Å². The molecule has 22 heavy (non-hydrogen) atoms. The number of amides is 1. The summed E-state index contributed by atoms with van der Waals surface area (Å²) < 4.78 is 10.4. The number of methoxy groups -OCH3 is 1. The van der Waals surface area contributed by atoms with Crippen molar-refractivity contribution in [3.05, 3.63) is 41.1 Å². The third-order valence-electron chi connectivity index (χ3n) is 3.14. The Morgan fingerprint density at radius 3 is 2.73 bits per heavy atom. The smallest absolute Gasteiger partial charge is 0.355 e. The van der Waals surface area contributed by atoms with Crippen LogP contribution in [0.25, 0.3) is 0 Å². The van der Waals surface area contributed by atoms with Gasteiger partial charge in [0, 0.05) is 11.6 Å². The lowest BCUT2D eigenvalue weighted by atomic mass is 10.2. The van der Waals surface area contributed by atoms with Crippen molar-refractivity contribution in [2.75, 3.05) is 24.6 Å². The minimum absolute atomic E-state index is 0.127. The third kappa shape index (κ3) is 3.96. The van der Waals surface area contributed by atoms with Crippen LogP contribution >= 0.6 is 23.4 Å². The van der Waals surface area contributed by atoms with Gasteiger partial charge in [-0.05, 0) is 23.3 Å². The largest absolute Gasteiger partial charge is 0.497 e. The number of rotatable bonds is 6. The fourth-order valence-corrected chi connectivity index (χ4v) is 3.29. The molecular weight excluding hydrogens is 326 g/mol. The van der Waals surface area contributed by atoms with E-state index in [1.165, 1.54) is 16.7 Å². The lowest BCUT2D eigenvalue weighted by Crippen LogP contribution is -2.32. The molecule has 0 spiro atoms. The quantitative estimate of drug-likeness (QED) is 0.452. The molecule has 1 aromatic rings.